The topological polar surface area (TPSA) is 54.7 Å². The summed E-state index contributed by atoms with van der Waals surface area (Å²) >= 11 is 0. The van der Waals surface area contributed by atoms with Crippen LogP contribution in [0.15, 0.2) is 12.1 Å². The molecule has 0 N–H and O–H groups in total. The summed E-state index contributed by atoms with van der Waals surface area (Å²) in [6.45, 7) is 12.8. The first-order valence-corrected chi connectivity index (χ1v) is 10.4. The molecule has 0 saturated carbocycles. The van der Waals surface area contributed by atoms with Crippen molar-refractivity contribution in [2.75, 3.05) is 13.2 Å². The van der Waals surface area contributed by atoms with E-state index < -0.39 is 18.3 Å². The standard InChI is InChI=1S/C22H30BFN2O4/c1-13-19(14(2)26(7)25-13)17-10-16(28-15-8-9-27-12-15)11-18(20(17)24)23-29-21(3,4)22(5,6)30-23/h10-11,15H,8-9,12H2,1-7H3. The minimum atomic E-state index is -0.825. The van der Waals surface area contributed by atoms with Crippen molar-refractivity contribution in [2.45, 2.75) is 65.3 Å². The maximum absolute atomic E-state index is 15.9. The van der Waals surface area contributed by atoms with E-state index in [9.17, 15) is 0 Å². The summed E-state index contributed by atoms with van der Waals surface area (Å²) in [5.74, 6) is 0.206. The fourth-order valence-electron chi connectivity index (χ4n) is 3.97. The van der Waals surface area contributed by atoms with Gasteiger partial charge in [-0.1, -0.05) is 0 Å². The van der Waals surface area contributed by atoms with Crippen molar-refractivity contribution < 1.29 is 23.2 Å². The Morgan fingerprint density at radius 1 is 1.17 bits per heavy atom. The van der Waals surface area contributed by atoms with Crippen LogP contribution in [0.1, 0.15) is 45.5 Å². The second-order valence-corrected chi connectivity index (χ2v) is 9.24. The first kappa shape index (κ1) is 21.3. The lowest BCUT2D eigenvalue weighted by atomic mass is 9.77. The highest BCUT2D eigenvalue weighted by molar-refractivity contribution is 6.62. The molecule has 2 aromatic rings. The lowest BCUT2D eigenvalue weighted by Crippen LogP contribution is -2.41. The van der Waals surface area contributed by atoms with Crippen LogP contribution in [0.25, 0.3) is 11.1 Å². The number of aromatic nitrogens is 2. The Morgan fingerprint density at radius 2 is 1.83 bits per heavy atom. The van der Waals surface area contributed by atoms with Crippen molar-refractivity contribution >= 4 is 12.6 Å². The summed E-state index contributed by atoms with van der Waals surface area (Å²) in [6, 6.07) is 3.44. The number of aryl methyl sites for hydroxylation is 2. The van der Waals surface area contributed by atoms with Crippen LogP contribution in [-0.2, 0) is 21.1 Å². The minimum absolute atomic E-state index is 0.0504. The van der Waals surface area contributed by atoms with E-state index in [0.717, 1.165) is 23.4 Å². The van der Waals surface area contributed by atoms with Crippen LogP contribution in [0.4, 0.5) is 4.39 Å². The fourth-order valence-corrected chi connectivity index (χ4v) is 3.97. The molecule has 1 unspecified atom stereocenters. The third-order valence-electron chi connectivity index (χ3n) is 6.55. The van der Waals surface area contributed by atoms with E-state index >= 15 is 4.39 Å². The number of benzene rings is 1. The molecule has 162 valence electrons. The molecule has 2 aliphatic rings. The van der Waals surface area contributed by atoms with Crippen molar-refractivity contribution in [1.82, 2.24) is 9.78 Å². The summed E-state index contributed by atoms with van der Waals surface area (Å²) in [5, 5.41) is 4.46. The summed E-state index contributed by atoms with van der Waals surface area (Å²) in [6.07, 6.45) is 0.759. The molecule has 3 heterocycles. The van der Waals surface area contributed by atoms with Gasteiger partial charge in [0.1, 0.15) is 17.7 Å². The van der Waals surface area contributed by atoms with Crippen LogP contribution in [0.3, 0.4) is 0 Å². The third kappa shape index (κ3) is 3.55. The van der Waals surface area contributed by atoms with Crippen molar-refractivity contribution in [3.63, 3.8) is 0 Å². The van der Waals surface area contributed by atoms with Crippen LogP contribution in [0.2, 0.25) is 0 Å². The van der Waals surface area contributed by atoms with Crippen LogP contribution < -0.4 is 10.2 Å². The van der Waals surface area contributed by atoms with E-state index in [4.69, 9.17) is 18.8 Å². The molecule has 0 spiro atoms. The molecule has 2 fully saturated rings. The molecule has 6 nitrogen and oxygen atoms in total. The van der Waals surface area contributed by atoms with E-state index in [0.29, 0.717) is 30.0 Å². The number of ether oxygens (including phenoxy) is 2. The van der Waals surface area contributed by atoms with Gasteiger partial charge in [-0.15, -0.1) is 0 Å². The van der Waals surface area contributed by atoms with Crippen LogP contribution >= 0.6 is 0 Å². The van der Waals surface area contributed by atoms with Crippen molar-refractivity contribution in [1.29, 1.82) is 0 Å². The van der Waals surface area contributed by atoms with Gasteiger partial charge < -0.3 is 18.8 Å². The highest BCUT2D eigenvalue weighted by Crippen LogP contribution is 2.38. The molecule has 4 rings (SSSR count). The first-order chi connectivity index (χ1) is 14.0. The predicted octanol–water partition coefficient (Wildman–Crippen LogP) is 3.31. The van der Waals surface area contributed by atoms with Crippen LogP contribution in [0.5, 0.6) is 5.75 Å². The number of hydrogen-bond acceptors (Lipinski definition) is 5. The smallest absolute Gasteiger partial charge is 0.488 e. The molecule has 1 aromatic heterocycles. The zero-order valence-corrected chi connectivity index (χ0v) is 18.8. The number of hydrogen-bond donors (Lipinski definition) is 0. The molecule has 1 aromatic carbocycles. The van der Waals surface area contributed by atoms with E-state index in [-0.39, 0.29) is 11.9 Å². The summed E-state index contributed by atoms with van der Waals surface area (Å²) in [7, 11) is 1.03. The Bertz CT molecular complexity index is 951. The van der Waals surface area contributed by atoms with Crippen LogP contribution in [-0.4, -0.2) is 47.4 Å². The summed E-state index contributed by atoms with van der Waals surface area (Å²) in [4.78, 5) is 0. The van der Waals surface area contributed by atoms with Gasteiger partial charge in [0.05, 0.1) is 30.1 Å². The second kappa shape index (κ2) is 7.36. The SMILES string of the molecule is Cc1nn(C)c(C)c1-c1cc(OC2CCOC2)cc(B2OC(C)(C)C(C)(C)O2)c1F. The van der Waals surface area contributed by atoms with Gasteiger partial charge in [0, 0.05) is 35.8 Å². The maximum Gasteiger partial charge on any atom is 0.498 e. The minimum Gasteiger partial charge on any atom is -0.488 e. The van der Waals surface area contributed by atoms with Crippen molar-refractivity contribution in [2.24, 2.45) is 7.05 Å². The highest BCUT2D eigenvalue weighted by Gasteiger charge is 2.52. The Labute approximate surface area is 177 Å². The number of rotatable bonds is 4. The van der Waals surface area contributed by atoms with Crippen LogP contribution in [0, 0.1) is 19.7 Å². The number of nitrogens with zero attached hydrogens (tertiary/aromatic N) is 2. The zero-order valence-electron chi connectivity index (χ0n) is 18.8. The van der Waals surface area contributed by atoms with Crippen molar-refractivity contribution in [3.8, 4) is 16.9 Å². The van der Waals surface area contributed by atoms with E-state index in [2.05, 4.69) is 5.10 Å². The Hall–Kier alpha value is -1.90. The van der Waals surface area contributed by atoms with E-state index in [1.165, 1.54) is 0 Å². The van der Waals surface area contributed by atoms with Gasteiger partial charge in [0.2, 0.25) is 0 Å². The molecule has 0 radical (unpaired) electrons. The molecule has 2 saturated heterocycles. The Balaban J connectivity index is 1.83. The van der Waals surface area contributed by atoms with Gasteiger partial charge in [-0.25, -0.2) is 4.39 Å². The predicted molar refractivity (Wildman–Crippen MR) is 114 cm³/mol. The van der Waals surface area contributed by atoms with Gasteiger partial charge in [-0.05, 0) is 53.7 Å². The molecule has 30 heavy (non-hydrogen) atoms. The second-order valence-electron chi connectivity index (χ2n) is 9.24. The van der Waals surface area contributed by atoms with E-state index in [1.54, 1.807) is 16.8 Å². The van der Waals surface area contributed by atoms with Gasteiger partial charge in [0.25, 0.3) is 0 Å². The average molecular weight is 416 g/mol. The number of halogens is 1. The molecular weight excluding hydrogens is 386 g/mol. The van der Waals surface area contributed by atoms with Crippen molar-refractivity contribution in [3.05, 3.63) is 29.3 Å². The highest BCUT2D eigenvalue weighted by atomic mass is 19.1. The Morgan fingerprint density at radius 3 is 2.37 bits per heavy atom. The molecule has 0 amide bonds. The monoisotopic (exact) mass is 416 g/mol. The van der Waals surface area contributed by atoms with Gasteiger partial charge in [-0.3, -0.25) is 4.68 Å². The molecule has 2 aliphatic heterocycles. The molecule has 1 atom stereocenters. The largest absolute Gasteiger partial charge is 0.498 e. The lowest BCUT2D eigenvalue weighted by Gasteiger charge is -2.32. The summed E-state index contributed by atoms with van der Waals surface area (Å²) < 4.78 is 41.5. The fraction of sp³-hybridized carbons (Fsp3) is 0.591. The maximum atomic E-state index is 15.9. The Kier molecular flexibility index (Phi) is 5.23. The van der Waals surface area contributed by atoms with E-state index in [1.807, 2.05) is 48.6 Å². The molecule has 0 bridgehead atoms. The quantitative estimate of drug-likeness (QED) is 0.716. The summed E-state index contributed by atoms with van der Waals surface area (Å²) in [5.41, 5.74) is 2.05. The normalized spacial score (nSPS) is 22.7. The first-order valence-electron chi connectivity index (χ1n) is 10.4. The molecular formula is C22H30BFN2O4. The third-order valence-corrected chi connectivity index (χ3v) is 6.55. The van der Waals surface area contributed by atoms with Gasteiger partial charge in [-0.2, -0.15) is 5.10 Å². The average Bonchev–Trinajstić information content (AvgIpc) is 3.29. The zero-order chi connectivity index (χ0) is 21.8. The lowest BCUT2D eigenvalue weighted by molar-refractivity contribution is 0.00578. The van der Waals surface area contributed by atoms with Gasteiger partial charge >= 0.3 is 7.12 Å². The van der Waals surface area contributed by atoms with Gasteiger partial charge in [0.15, 0.2) is 0 Å². The molecule has 8 heteroatoms. The molecule has 0 aliphatic carbocycles.